The first-order chi connectivity index (χ1) is 17.9. The summed E-state index contributed by atoms with van der Waals surface area (Å²) in [5, 5.41) is 3.30. The smallest absolute Gasteiger partial charge is 0.243 e. The third kappa shape index (κ3) is 4.48. The van der Waals surface area contributed by atoms with Gasteiger partial charge in [-0.3, -0.25) is 0 Å². The topological polar surface area (TPSA) is 93.9 Å². The highest BCUT2D eigenvalue weighted by molar-refractivity contribution is 5.87. The number of rotatable bonds is 6. The number of alkyl halides is 2. The zero-order valence-corrected chi connectivity index (χ0v) is 20.3. The molecule has 6 rings (SSSR count). The van der Waals surface area contributed by atoms with E-state index >= 15 is 0 Å². The Bertz CT molecular complexity index is 1600. The molecule has 0 saturated carbocycles. The van der Waals surface area contributed by atoms with Gasteiger partial charge in [0.05, 0.1) is 23.6 Å². The maximum atomic E-state index is 13.1. The average Bonchev–Trinajstić information content (AvgIpc) is 3.53. The lowest BCUT2D eigenvalue weighted by Gasteiger charge is -2.17. The van der Waals surface area contributed by atoms with E-state index in [1.165, 1.54) is 6.33 Å². The van der Waals surface area contributed by atoms with E-state index in [4.69, 9.17) is 4.74 Å². The van der Waals surface area contributed by atoms with Crippen LogP contribution in [-0.2, 0) is 7.05 Å². The SMILES string of the molecule is Cc1cc(Nc2ncnc3cnc(N4CC[C@H](C(F)F)C4)nc23)ccc1Oc1ccc2c(c1)ncn2C. The average molecular weight is 503 g/mol. The summed E-state index contributed by atoms with van der Waals surface area (Å²) in [4.78, 5) is 23.8. The van der Waals surface area contributed by atoms with Crippen LogP contribution >= 0.6 is 0 Å². The van der Waals surface area contributed by atoms with Gasteiger partial charge in [0.25, 0.3) is 0 Å². The maximum absolute atomic E-state index is 13.1. The largest absolute Gasteiger partial charge is 0.457 e. The normalized spacial score (nSPS) is 15.7. The number of aromatic nitrogens is 6. The van der Waals surface area contributed by atoms with Gasteiger partial charge in [0, 0.05) is 37.8 Å². The minimum atomic E-state index is -2.35. The molecule has 2 aromatic carbocycles. The van der Waals surface area contributed by atoms with Crippen molar-refractivity contribution in [1.29, 1.82) is 0 Å². The summed E-state index contributed by atoms with van der Waals surface area (Å²) in [6.07, 6.45) is 2.88. The van der Waals surface area contributed by atoms with Crippen molar-refractivity contribution in [3.05, 3.63) is 60.8 Å². The Balaban J connectivity index is 1.23. The van der Waals surface area contributed by atoms with Gasteiger partial charge < -0.3 is 19.5 Å². The summed E-state index contributed by atoms with van der Waals surface area (Å²) >= 11 is 0. The molecule has 1 saturated heterocycles. The summed E-state index contributed by atoms with van der Waals surface area (Å²) in [5.41, 5.74) is 4.71. The quantitative estimate of drug-likeness (QED) is 0.337. The van der Waals surface area contributed by atoms with Crippen LogP contribution in [0, 0.1) is 12.8 Å². The molecular formula is C26H24F2N8O. The Morgan fingerprint density at radius 1 is 1.05 bits per heavy atom. The van der Waals surface area contributed by atoms with Crippen molar-refractivity contribution in [3.8, 4) is 11.5 Å². The van der Waals surface area contributed by atoms with Gasteiger partial charge in [-0.05, 0) is 49.2 Å². The first-order valence-electron chi connectivity index (χ1n) is 11.9. The monoisotopic (exact) mass is 502 g/mol. The van der Waals surface area contributed by atoms with E-state index in [1.54, 1.807) is 17.4 Å². The van der Waals surface area contributed by atoms with E-state index in [2.05, 4.69) is 30.2 Å². The lowest BCUT2D eigenvalue weighted by molar-refractivity contribution is 0.0879. The highest BCUT2D eigenvalue weighted by Crippen LogP contribution is 2.31. The van der Waals surface area contributed by atoms with Gasteiger partial charge >= 0.3 is 0 Å². The maximum Gasteiger partial charge on any atom is 0.243 e. The van der Waals surface area contributed by atoms with Crippen molar-refractivity contribution in [3.63, 3.8) is 0 Å². The molecule has 9 nitrogen and oxygen atoms in total. The van der Waals surface area contributed by atoms with Gasteiger partial charge in [0.15, 0.2) is 5.82 Å². The van der Waals surface area contributed by atoms with Crippen molar-refractivity contribution in [2.24, 2.45) is 13.0 Å². The number of nitrogens with zero attached hydrogens (tertiary/aromatic N) is 7. The van der Waals surface area contributed by atoms with Gasteiger partial charge in [-0.25, -0.2) is 33.7 Å². The van der Waals surface area contributed by atoms with Crippen LogP contribution in [0.3, 0.4) is 0 Å². The molecule has 0 radical (unpaired) electrons. The van der Waals surface area contributed by atoms with Gasteiger partial charge in [-0.1, -0.05) is 0 Å². The predicted molar refractivity (Wildman–Crippen MR) is 137 cm³/mol. The molecule has 1 aliphatic heterocycles. The van der Waals surface area contributed by atoms with Crippen LogP contribution in [-0.4, -0.2) is 49.0 Å². The lowest BCUT2D eigenvalue weighted by atomic mass is 10.1. The first-order valence-corrected chi connectivity index (χ1v) is 11.9. The molecule has 5 aromatic rings. The van der Waals surface area contributed by atoms with Crippen molar-refractivity contribution in [2.75, 3.05) is 23.3 Å². The number of anilines is 3. The van der Waals surface area contributed by atoms with Crippen molar-refractivity contribution >= 4 is 39.5 Å². The zero-order chi connectivity index (χ0) is 25.5. The van der Waals surface area contributed by atoms with Crippen LogP contribution in [0.1, 0.15) is 12.0 Å². The molecule has 3 aromatic heterocycles. The fourth-order valence-electron chi connectivity index (χ4n) is 4.55. The minimum absolute atomic E-state index is 0.230. The van der Waals surface area contributed by atoms with E-state index in [9.17, 15) is 8.78 Å². The molecule has 0 spiro atoms. The number of hydrogen-bond acceptors (Lipinski definition) is 8. The molecule has 0 bridgehead atoms. The predicted octanol–water partition coefficient (Wildman–Crippen LogP) is 5.24. The molecule has 1 atom stereocenters. The van der Waals surface area contributed by atoms with Gasteiger partial charge in [0.1, 0.15) is 28.9 Å². The number of hydrogen-bond donors (Lipinski definition) is 1. The minimum Gasteiger partial charge on any atom is -0.457 e. The van der Waals surface area contributed by atoms with Crippen molar-refractivity contribution < 1.29 is 13.5 Å². The number of imidazole rings is 1. The fraction of sp³-hybridized carbons (Fsp3) is 0.269. The third-order valence-corrected chi connectivity index (χ3v) is 6.59. The van der Waals surface area contributed by atoms with Crippen molar-refractivity contribution in [1.82, 2.24) is 29.5 Å². The Hall–Kier alpha value is -4.41. The lowest BCUT2D eigenvalue weighted by Crippen LogP contribution is -2.24. The number of benzene rings is 2. The molecule has 1 N–H and O–H groups in total. The van der Waals surface area contributed by atoms with Crippen LogP contribution in [0.2, 0.25) is 0 Å². The first kappa shape index (κ1) is 23.0. The van der Waals surface area contributed by atoms with Crippen LogP contribution in [0.25, 0.3) is 22.1 Å². The van der Waals surface area contributed by atoms with Crippen LogP contribution < -0.4 is 15.0 Å². The molecule has 1 fully saturated rings. The summed E-state index contributed by atoms with van der Waals surface area (Å²) in [5.74, 6) is 1.67. The molecule has 11 heteroatoms. The van der Waals surface area contributed by atoms with Crippen molar-refractivity contribution in [2.45, 2.75) is 19.8 Å². The van der Waals surface area contributed by atoms with Crippen LogP contribution in [0.5, 0.6) is 11.5 Å². The Morgan fingerprint density at radius 3 is 2.76 bits per heavy atom. The molecule has 0 aliphatic carbocycles. The Morgan fingerprint density at radius 2 is 1.95 bits per heavy atom. The number of nitrogens with one attached hydrogen (secondary N) is 1. The van der Waals surface area contributed by atoms with Gasteiger partial charge in [-0.2, -0.15) is 0 Å². The fourth-order valence-corrected chi connectivity index (χ4v) is 4.55. The Kier molecular flexibility index (Phi) is 5.74. The summed E-state index contributed by atoms with van der Waals surface area (Å²) in [6, 6.07) is 11.6. The van der Waals surface area contributed by atoms with Crippen LogP contribution in [0.15, 0.2) is 55.2 Å². The molecular weight excluding hydrogens is 478 g/mol. The van der Waals surface area contributed by atoms with E-state index in [1.807, 2.05) is 54.9 Å². The number of halogens is 2. The van der Waals surface area contributed by atoms with E-state index in [-0.39, 0.29) is 6.54 Å². The van der Waals surface area contributed by atoms with Gasteiger partial charge in [0.2, 0.25) is 12.4 Å². The number of fused-ring (bicyclic) bond motifs is 2. The second kappa shape index (κ2) is 9.23. The molecule has 4 heterocycles. The van der Waals surface area contributed by atoms with E-state index in [0.717, 1.165) is 28.0 Å². The zero-order valence-electron chi connectivity index (χ0n) is 20.3. The highest BCUT2D eigenvalue weighted by atomic mass is 19.3. The third-order valence-electron chi connectivity index (χ3n) is 6.59. The number of aryl methyl sites for hydroxylation is 2. The van der Waals surface area contributed by atoms with E-state index in [0.29, 0.717) is 41.5 Å². The van der Waals surface area contributed by atoms with Crippen LogP contribution in [0.4, 0.5) is 26.2 Å². The van der Waals surface area contributed by atoms with E-state index < -0.39 is 12.3 Å². The summed E-state index contributed by atoms with van der Waals surface area (Å²) in [7, 11) is 1.95. The standard InChI is InChI=1S/C26H24F2N8O/c1-15-9-17(3-6-22(15)37-18-4-5-21-19(10-18)32-14-35(21)2)33-25-23-20(30-13-31-25)11-29-26(34-23)36-8-7-16(12-36)24(27)28/h3-6,9-11,13-14,16,24H,7-8,12H2,1-2H3,(H,30,31,33)/t16-/m0/s1. The number of ether oxygens (including phenoxy) is 1. The Labute approximate surface area is 211 Å². The van der Waals surface area contributed by atoms with Gasteiger partial charge in [-0.15, -0.1) is 0 Å². The summed E-state index contributed by atoms with van der Waals surface area (Å²) < 4.78 is 34.3. The molecule has 188 valence electrons. The molecule has 37 heavy (non-hydrogen) atoms. The highest BCUT2D eigenvalue weighted by Gasteiger charge is 2.31. The second-order valence-electron chi connectivity index (χ2n) is 9.17. The molecule has 1 aliphatic rings. The summed E-state index contributed by atoms with van der Waals surface area (Å²) in [6.45, 7) is 2.68. The molecule has 0 unspecified atom stereocenters. The second-order valence-corrected chi connectivity index (χ2v) is 9.17. The molecule has 0 amide bonds.